The van der Waals surface area contributed by atoms with E-state index in [-0.39, 0.29) is 19.3 Å². The summed E-state index contributed by atoms with van der Waals surface area (Å²) in [4.78, 5) is 25.0. The van der Waals surface area contributed by atoms with E-state index in [2.05, 4.69) is 5.32 Å². The molecule has 2 unspecified atom stereocenters. The topological polar surface area (TPSA) is 96.9 Å². The number of carbonyl (C=O) groups excluding carboxylic acids is 2. The lowest BCUT2D eigenvalue weighted by molar-refractivity contribution is -0.134. The van der Waals surface area contributed by atoms with Crippen molar-refractivity contribution in [1.82, 2.24) is 10.8 Å². The predicted octanol–water partition coefficient (Wildman–Crippen LogP) is 2.86. The van der Waals surface area contributed by atoms with Crippen LogP contribution in [0.2, 0.25) is 0 Å². The van der Waals surface area contributed by atoms with Gasteiger partial charge in [-0.05, 0) is 44.4 Å². The number of nitrogens with one attached hydrogen (secondary N) is 2. The van der Waals surface area contributed by atoms with Gasteiger partial charge in [0.05, 0.1) is 12.6 Å². The minimum absolute atomic E-state index is 0.100. The van der Waals surface area contributed by atoms with Crippen LogP contribution in [0.4, 0.5) is 0 Å². The average Bonchev–Trinajstić information content (AvgIpc) is 2.76. The Labute approximate surface area is 177 Å². The predicted molar refractivity (Wildman–Crippen MR) is 113 cm³/mol. The molecule has 2 atom stereocenters. The fraction of sp³-hybridized carbons (Fsp3) is 0.391. The molecule has 0 aromatic heterocycles. The number of amides is 2. The summed E-state index contributed by atoms with van der Waals surface area (Å²) in [6.07, 6.45) is 0.723. The summed E-state index contributed by atoms with van der Waals surface area (Å²) in [6, 6.07) is 16.3. The number of benzene rings is 2. The highest BCUT2D eigenvalue weighted by Gasteiger charge is 2.25. The highest BCUT2D eigenvalue weighted by Crippen LogP contribution is 2.16. The number of hydroxylamine groups is 1. The van der Waals surface area contributed by atoms with Crippen LogP contribution in [0.5, 0.6) is 0 Å². The first kappa shape index (κ1) is 23.5. The van der Waals surface area contributed by atoms with Crippen LogP contribution in [-0.2, 0) is 20.7 Å². The Morgan fingerprint density at radius 3 is 2.37 bits per heavy atom. The Morgan fingerprint density at radius 1 is 1.03 bits per heavy atom. The van der Waals surface area contributed by atoms with E-state index in [4.69, 9.17) is 9.47 Å². The Bertz CT molecular complexity index is 780. The zero-order chi connectivity index (χ0) is 21.8. The number of carbonyl (C=O) groups is 2. The molecule has 0 saturated carbocycles. The van der Waals surface area contributed by atoms with E-state index in [1.165, 1.54) is 0 Å². The smallest absolute Gasteiger partial charge is 0.251 e. The van der Waals surface area contributed by atoms with Crippen molar-refractivity contribution >= 4 is 11.8 Å². The second kappa shape index (κ2) is 12.7. The van der Waals surface area contributed by atoms with E-state index in [9.17, 15) is 14.8 Å². The van der Waals surface area contributed by atoms with Gasteiger partial charge in [-0.1, -0.05) is 48.0 Å². The van der Waals surface area contributed by atoms with Crippen molar-refractivity contribution in [3.63, 3.8) is 0 Å². The maximum absolute atomic E-state index is 12.7. The normalized spacial score (nSPS) is 12.8. The molecule has 0 bridgehead atoms. The number of aryl methyl sites for hydroxylation is 1. The maximum atomic E-state index is 12.7. The van der Waals surface area contributed by atoms with Crippen LogP contribution in [0.3, 0.4) is 0 Å². The molecule has 0 heterocycles. The molecular weight excluding hydrogens is 384 g/mol. The Balaban J connectivity index is 2.10. The monoisotopic (exact) mass is 414 g/mol. The van der Waals surface area contributed by atoms with Crippen molar-refractivity contribution in [3.05, 3.63) is 71.3 Å². The molecule has 0 fully saturated rings. The molecule has 2 aromatic rings. The van der Waals surface area contributed by atoms with Gasteiger partial charge in [0.25, 0.3) is 5.91 Å². The molecule has 162 valence electrons. The zero-order valence-corrected chi connectivity index (χ0v) is 17.5. The summed E-state index contributed by atoms with van der Waals surface area (Å²) in [7, 11) is 0. The molecule has 2 rings (SSSR count). The molecule has 7 heteroatoms. The van der Waals surface area contributed by atoms with Crippen LogP contribution in [0, 0.1) is 12.8 Å². The quantitative estimate of drug-likeness (QED) is 0.215. The maximum Gasteiger partial charge on any atom is 0.251 e. The lowest BCUT2D eigenvalue weighted by Gasteiger charge is -2.24. The third-order valence-corrected chi connectivity index (χ3v) is 4.71. The van der Waals surface area contributed by atoms with E-state index in [0.717, 1.165) is 11.1 Å². The van der Waals surface area contributed by atoms with Gasteiger partial charge >= 0.3 is 0 Å². The second-order valence-electron chi connectivity index (χ2n) is 7.12. The van der Waals surface area contributed by atoms with E-state index < -0.39 is 17.9 Å². The first-order valence-electron chi connectivity index (χ1n) is 10.0. The lowest BCUT2D eigenvalue weighted by atomic mass is 9.92. The molecule has 0 aliphatic rings. The third-order valence-electron chi connectivity index (χ3n) is 4.71. The number of rotatable bonds is 12. The number of ether oxygens (including phenoxy) is 2. The van der Waals surface area contributed by atoms with Crippen LogP contribution >= 0.6 is 0 Å². The van der Waals surface area contributed by atoms with Crippen molar-refractivity contribution in [2.75, 3.05) is 20.0 Å². The van der Waals surface area contributed by atoms with Crippen LogP contribution in [0.25, 0.3) is 0 Å². The molecule has 0 aliphatic carbocycles. The molecule has 0 spiro atoms. The summed E-state index contributed by atoms with van der Waals surface area (Å²) < 4.78 is 10.7. The first-order valence-corrected chi connectivity index (χ1v) is 10.0. The fourth-order valence-corrected chi connectivity index (χ4v) is 3.09. The SMILES string of the molecule is CCOCOCC(CC(Cc1ccccc1)C(=O)NO)NC(=O)c1ccc(C)cc1. The molecule has 0 radical (unpaired) electrons. The highest BCUT2D eigenvalue weighted by molar-refractivity contribution is 5.94. The van der Waals surface area contributed by atoms with E-state index in [1.54, 1.807) is 17.6 Å². The summed E-state index contributed by atoms with van der Waals surface area (Å²) in [5, 5.41) is 12.1. The van der Waals surface area contributed by atoms with Gasteiger partial charge in [0.15, 0.2) is 0 Å². The minimum atomic E-state index is -0.545. The first-order chi connectivity index (χ1) is 14.5. The van der Waals surface area contributed by atoms with Crippen LogP contribution in [0.15, 0.2) is 54.6 Å². The fourth-order valence-electron chi connectivity index (χ4n) is 3.09. The Kier molecular flexibility index (Phi) is 10.00. The summed E-state index contributed by atoms with van der Waals surface area (Å²) in [6.45, 7) is 4.61. The molecule has 0 aliphatic heterocycles. The van der Waals surface area contributed by atoms with Crippen LogP contribution in [0.1, 0.15) is 34.8 Å². The van der Waals surface area contributed by atoms with E-state index in [1.807, 2.05) is 56.3 Å². The van der Waals surface area contributed by atoms with Gasteiger partial charge in [-0.2, -0.15) is 0 Å². The second-order valence-corrected chi connectivity index (χ2v) is 7.12. The molecule has 2 aromatic carbocycles. The van der Waals surface area contributed by atoms with Crippen LogP contribution in [-0.4, -0.2) is 43.1 Å². The van der Waals surface area contributed by atoms with Gasteiger partial charge < -0.3 is 14.8 Å². The van der Waals surface area contributed by atoms with Crippen molar-refractivity contribution in [2.45, 2.75) is 32.7 Å². The van der Waals surface area contributed by atoms with Gasteiger partial charge in [-0.3, -0.25) is 14.8 Å². The molecule has 30 heavy (non-hydrogen) atoms. The molecular formula is C23H30N2O5. The van der Waals surface area contributed by atoms with Gasteiger partial charge in [0, 0.05) is 18.1 Å². The zero-order valence-electron chi connectivity index (χ0n) is 17.5. The molecule has 7 nitrogen and oxygen atoms in total. The van der Waals surface area contributed by atoms with E-state index in [0.29, 0.717) is 25.0 Å². The lowest BCUT2D eigenvalue weighted by Crippen LogP contribution is -2.42. The van der Waals surface area contributed by atoms with Crippen LogP contribution < -0.4 is 10.8 Å². The third kappa shape index (κ3) is 7.94. The van der Waals surface area contributed by atoms with Gasteiger partial charge in [0.2, 0.25) is 5.91 Å². The molecule has 3 N–H and O–H groups in total. The van der Waals surface area contributed by atoms with Crippen molar-refractivity contribution in [1.29, 1.82) is 0 Å². The summed E-state index contributed by atoms with van der Waals surface area (Å²) >= 11 is 0. The summed E-state index contributed by atoms with van der Waals surface area (Å²) in [5.41, 5.74) is 4.29. The Hall–Kier alpha value is -2.74. The Morgan fingerprint density at radius 2 is 1.73 bits per heavy atom. The standard InChI is InChI=1S/C23H30N2O5/c1-3-29-16-30-15-21(24-22(26)19-11-9-17(2)10-12-19)14-20(23(27)25-28)13-18-7-5-4-6-8-18/h4-12,20-21,28H,3,13-16H2,1-2H3,(H,24,26)(H,25,27). The van der Waals surface area contributed by atoms with Gasteiger partial charge in [-0.25, -0.2) is 5.48 Å². The number of hydrogen-bond acceptors (Lipinski definition) is 5. The molecule has 2 amide bonds. The van der Waals surface area contributed by atoms with Gasteiger partial charge in [0.1, 0.15) is 6.79 Å². The largest absolute Gasteiger partial charge is 0.356 e. The van der Waals surface area contributed by atoms with Crippen molar-refractivity contribution in [3.8, 4) is 0 Å². The average molecular weight is 415 g/mol. The minimum Gasteiger partial charge on any atom is -0.356 e. The highest BCUT2D eigenvalue weighted by atomic mass is 16.7. The van der Waals surface area contributed by atoms with Crippen molar-refractivity contribution in [2.24, 2.45) is 5.92 Å². The number of hydrogen-bond donors (Lipinski definition) is 3. The van der Waals surface area contributed by atoms with Crippen molar-refractivity contribution < 1.29 is 24.3 Å². The summed E-state index contributed by atoms with van der Waals surface area (Å²) in [5.74, 6) is -1.29. The van der Waals surface area contributed by atoms with Gasteiger partial charge in [-0.15, -0.1) is 0 Å². The van der Waals surface area contributed by atoms with E-state index >= 15 is 0 Å². The molecule has 0 saturated heterocycles.